The van der Waals surface area contributed by atoms with E-state index in [1.165, 1.54) is 0 Å². The average Bonchev–Trinajstić information content (AvgIpc) is 2.37. The van der Waals surface area contributed by atoms with Gasteiger partial charge in [-0.15, -0.1) is 0 Å². The molecule has 2 rings (SSSR count). The average molecular weight is 242 g/mol. The molecule has 0 aliphatic heterocycles. The number of nitrogens with zero attached hydrogens (tertiary/aromatic N) is 3. The van der Waals surface area contributed by atoms with Crippen LogP contribution in [0.5, 0.6) is 0 Å². The van der Waals surface area contributed by atoms with Gasteiger partial charge in [0.05, 0.1) is 17.9 Å². The van der Waals surface area contributed by atoms with Crippen LogP contribution in [0.25, 0.3) is 11.4 Å². The molecule has 4 heteroatoms. The van der Waals surface area contributed by atoms with E-state index in [9.17, 15) is 0 Å². The van der Waals surface area contributed by atoms with Gasteiger partial charge in [0.2, 0.25) is 0 Å². The molecule has 0 atom stereocenters. The molecular weight excluding hydrogens is 224 g/mol. The van der Waals surface area contributed by atoms with Crippen molar-refractivity contribution < 1.29 is 0 Å². The lowest BCUT2D eigenvalue weighted by Crippen LogP contribution is -2.23. The minimum Gasteiger partial charge on any atom is -0.308 e. The Morgan fingerprint density at radius 3 is 2.67 bits per heavy atom. The molecule has 0 fully saturated rings. The highest BCUT2D eigenvalue weighted by atomic mass is 15.0. The molecule has 18 heavy (non-hydrogen) atoms. The normalized spacial score (nSPS) is 10.9. The summed E-state index contributed by atoms with van der Waals surface area (Å²) in [7, 11) is 0. The summed E-state index contributed by atoms with van der Waals surface area (Å²) in [6.45, 7) is 6.87. The monoisotopic (exact) mass is 242 g/mol. The molecule has 0 aromatic carbocycles. The van der Waals surface area contributed by atoms with Crippen molar-refractivity contribution in [2.24, 2.45) is 0 Å². The summed E-state index contributed by atoms with van der Waals surface area (Å²) in [6.07, 6.45) is 1.78. The van der Waals surface area contributed by atoms with Gasteiger partial charge in [0.15, 0.2) is 0 Å². The predicted octanol–water partition coefficient (Wildman–Crippen LogP) is 2.35. The third kappa shape index (κ3) is 3.34. The van der Waals surface area contributed by atoms with E-state index in [1.54, 1.807) is 6.20 Å². The van der Waals surface area contributed by atoms with E-state index in [1.807, 2.05) is 31.2 Å². The molecule has 0 unspecified atom stereocenters. The van der Waals surface area contributed by atoms with Crippen LogP contribution < -0.4 is 5.32 Å². The lowest BCUT2D eigenvalue weighted by atomic mass is 10.2. The quantitative estimate of drug-likeness (QED) is 0.894. The number of rotatable bonds is 4. The Morgan fingerprint density at radius 1 is 1.17 bits per heavy atom. The van der Waals surface area contributed by atoms with E-state index in [4.69, 9.17) is 0 Å². The molecule has 2 aromatic rings. The van der Waals surface area contributed by atoms with E-state index in [0.29, 0.717) is 12.6 Å². The second kappa shape index (κ2) is 5.69. The Bertz CT molecular complexity index is 508. The first-order chi connectivity index (χ1) is 8.65. The van der Waals surface area contributed by atoms with Gasteiger partial charge in [-0.1, -0.05) is 19.9 Å². The SMILES string of the molecule is Cc1cc(-c2ccccn2)nc(CNC(C)C)n1. The Labute approximate surface area is 108 Å². The molecule has 1 N–H and O–H groups in total. The molecule has 0 aliphatic rings. The zero-order valence-corrected chi connectivity index (χ0v) is 11.0. The highest BCUT2D eigenvalue weighted by Gasteiger charge is 2.05. The molecule has 0 saturated heterocycles. The molecule has 2 heterocycles. The predicted molar refractivity (Wildman–Crippen MR) is 72.0 cm³/mol. The van der Waals surface area contributed by atoms with Gasteiger partial charge in [-0.05, 0) is 25.1 Å². The van der Waals surface area contributed by atoms with Gasteiger partial charge in [0.25, 0.3) is 0 Å². The topological polar surface area (TPSA) is 50.7 Å². The van der Waals surface area contributed by atoms with Crippen molar-refractivity contribution in [1.82, 2.24) is 20.3 Å². The van der Waals surface area contributed by atoms with Crippen molar-refractivity contribution in [3.63, 3.8) is 0 Å². The fourth-order valence-electron chi connectivity index (χ4n) is 1.65. The maximum Gasteiger partial charge on any atom is 0.143 e. The number of pyridine rings is 1. The number of aryl methyl sites for hydroxylation is 1. The summed E-state index contributed by atoms with van der Waals surface area (Å²) in [5.74, 6) is 0.810. The fraction of sp³-hybridized carbons (Fsp3) is 0.357. The van der Waals surface area contributed by atoms with Crippen LogP contribution in [-0.4, -0.2) is 21.0 Å². The minimum absolute atomic E-state index is 0.424. The summed E-state index contributed by atoms with van der Waals surface area (Å²) >= 11 is 0. The largest absolute Gasteiger partial charge is 0.308 e. The summed E-state index contributed by atoms with van der Waals surface area (Å²) in [4.78, 5) is 13.3. The van der Waals surface area contributed by atoms with Crippen LogP contribution in [0.3, 0.4) is 0 Å². The summed E-state index contributed by atoms with van der Waals surface area (Å²) < 4.78 is 0. The van der Waals surface area contributed by atoms with Gasteiger partial charge in [0, 0.05) is 17.9 Å². The van der Waals surface area contributed by atoms with Gasteiger partial charge in [-0.25, -0.2) is 9.97 Å². The molecule has 0 amide bonds. The van der Waals surface area contributed by atoms with Gasteiger partial charge in [-0.2, -0.15) is 0 Å². The van der Waals surface area contributed by atoms with Crippen LogP contribution in [0.2, 0.25) is 0 Å². The first-order valence-corrected chi connectivity index (χ1v) is 6.14. The maximum absolute atomic E-state index is 4.54. The molecule has 0 radical (unpaired) electrons. The van der Waals surface area contributed by atoms with Crippen molar-refractivity contribution in [3.8, 4) is 11.4 Å². The number of aromatic nitrogens is 3. The van der Waals surface area contributed by atoms with Crippen molar-refractivity contribution in [2.75, 3.05) is 0 Å². The number of hydrogen-bond donors (Lipinski definition) is 1. The van der Waals surface area contributed by atoms with E-state index in [2.05, 4.69) is 34.1 Å². The standard InChI is InChI=1S/C14H18N4/c1-10(2)16-9-14-17-11(3)8-13(18-14)12-6-4-5-7-15-12/h4-8,10,16H,9H2,1-3H3. The van der Waals surface area contributed by atoms with E-state index < -0.39 is 0 Å². The third-order valence-corrected chi connectivity index (χ3v) is 2.50. The molecule has 4 nitrogen and oxygen atoms in total. The first kappa shape index (κ1) is 12.6. The first-order valence-electron chi connectivity index (χ1n) is 6.14. The molecule has 2 aromatic heterocycles. The van der Waals surface area contributed by atoms with E-state index >= 15 is 0 Å². The lowest BCUT2D eigenvalue weighted by molar-refractivity contribution is 0.571. The van der Waals surface area contributed by atoms with Crippen LogP contribution in [0, 0.1) is 6.92 Å². The summed E-state index contributed by atoms with van der Waals surface area (Å²) in [6, 6.07) is 8.21. The minimum atomic E-state index is 0.424. The van der Waals surface area contributed by atoms with Crippen molar-refractivity contribution in [2.45, 2.75) is 33.4 Å². The van der Waals surface area contributed by atoms with Crippen molar-refractivity contribution in [1.29, 1.82) is 0 Å². The molecule has 0 spiro atoms. The van der Waals surface area contributed by atoms with Gasteiger partial charge < -0.3 is 5.32 Å². The smallest absolute Gasteiger partial charge is 0.143 e. The van der Waals surface area contributed by atoms with E-state index in [-0.39, 0.29) is 0 Å². The van der Waals surface area contributed by atoms with Crippen molar-refractivity contribution in [3.05, 3.63) is 42.0 Å². The second-order valence-corrected chi connectivity index (χ2v) is 4.56. The number of nitrogens with one attached hydrogen (secondary N) is 1. The van der Waals surface area contributed by atoms with Crippen LogP contribution >= 0.6 is 0 Å². The second-order valence-electron chi connectivity index (χ2n) is 4.56. The molecule has 94 valence electrons. The maximum atomic E-state index is 4.54. The Hall–Kier alpha value is -1.81. The molecule has 0 bridgehead atoms. The summed E-state index contributed by atoms with van der Waals surface area (Å²) in [5.41, 5.74) is 2.73. The van der Waals surface area contributed by atoms with Gasteiger partial charge in [0.1, 0.15) is 5.82 Å². The highest BCUT2D eigenvalue weighted by molar-refractivity contribution is 5.53. The molecule has 0 aliphatic carbocycles. The fourth-order valence-corrected chi connectivity index (χ4v) is 1.65. The molecule has 0 saturated carbocycles. The van der Waals surface area contributed by atoms with E-state index in [0.717, 1.165) is 22.9 Å². The zero-order chi connectivity index (χ0) is 13.0. The van der Waals surface area contributed by atoms with Gasteiger partial charge in [-0.3, -0.25) is 4.98 Å². The number of hydrogen-bond acceptors (Lipinski definition) is 4. The Kier molecular flexibility index (Phi) is 3.99. The van der Waals surface area contributed by atoms with Gasteiger partial charge >= 0.3 is 0 Å². The van der Waals surface area contributed by atoms with Crippen LogP contribution in [0.4, 0.5) is 0 Å². The summed E-state index contributed by atoms with van der Waals surface area (Å²) in [5, 5.41) is 3.32. The van der Waals surface area contributed by atoms with Crippen LogP contribution in [-0.2, 0) is 6.54 Å². The van der Waals surface area contributed by atoms with Crippen LogP contribution in [0.15, 0.2) is 30.5 Å². The van der Waals surface area contributed by atoms with Crippen molar-refractivity contribution >= 4 is 0 Å². The third-order valence-electron chi connectivity index (χ3n) is 2.50. The van der Waals surface area contributed by atoms with Crippen LogP contribution in [0.1, 0.15) is 25.4 Å². The Morgan fingerprint density at radius 2 is 2.00 bits per heavy atom. The lowest BCUT2D eigenvalue weighted by Gasteiger charge is -2.09. The highest BCUT2D eigenvalue weighted by Crippen LogP contribution is 2.14. The Balaban J connectivity index is 2.27. The molecular formula is C14H18N4. The zero-order valence-electron chi connectivity index (χ0n) is 11.0.